The Hall–Kier alpha value is 1.38. The number of hydrogen-bond donors (Lipinski definition) is 0. The van der Waals surface area contributed by atoms with Crippen LogP contribution in [0.1, 0.15) is 6.92 Å². The second-order valence-electron chi connectivity index (χ2n) is 0.459. The van der Waals surface area contributed by atoms with E-state index in [-0.39, 0.29) is 47.9 Å². The topological polar surface area (TPSA) is 0 Å². The third-order valence-corrected chi connectivity index (χ3v) is 0.378. The summed E-state index contributed by atoms with van der Waals surface area (Å²) in [6.07, 6.45) is 1.77. The summed E-state index contributed by atoms with van der Waals surface area (Å²) in [5, 5.41) is 0. The predicted molar refractivity (Wildman–Crippen MR) is 26.4 cm³/mol. The zero-order chi connectivity index (χ0) is 3.41. The molecule has 0 spiro atoms. The molecule has 0 aromatic rings. The van der Waals surface area contributed by atoms with Gasteiger partial charge >= 0.3 is 23.1 Å². The van der Waals surface area contributed by atoms with Crippen LogP contribution in [0.3, 0.4) is 0 Å². The molecule has 0 radical (unpaired) electrons. The number of halogens is 3. The van der Waals surface area contributed by atoms with Crippen LogP contribution in [0.5, 0.6) is 0 Å². The molecule has 7 heavy (non-hydrogen) atoms. The van der Waals surface area contributed by atoms with E-state index in [1.165, 1.54) is 5.54 Å². The minimum atomic E-state index is 0. The summed E-state index contributed by atoms with van der Waals surface area (Å²) in [6.45, 7) is 1.87. The summed E-state index contributed by atoms with van der Waals surface area (Å²) in [6, 6.07) is 0. The molecule has 0 rings (SSSR count). The first-order valence-corrected chi connectivity index (χ1v) is 1.57. The molecular weight excluding hydrogens is 167 g/mol. The zero-order valence-electron chi connectivity index (χ0n) is 4.00. The normalized spacial score (nSPS) is 5.43. The molecule has 0 atom stereocenters. The summed E-state index contributed by atoms with van der Waals surface area (Å²) in [7, 11) is 0. The number of rotatable bonds is 0. The Morgan fingerprint density at radius 1 is 1.29 bits per heavy atom. The minimum Gasteiger partial charge on any atom is -1.00 e. The summed E-state index contributed by atoms with van der Waals surface area (Å²) in [5.74, 6) is 0. The van der Waals surface area contributed by atoms with E-state index >= 15 is 0 Å². The van der Waals surface area contributed by atoms with Crippen molar-refractivity contribution in [2.24, 2.45) is 0 Å². The monoisotopic (exact) mass is 170 g/mol. The van der Waals surface area contributed by atoms with Crippen LogP contribution in [-0.4, -0.2) is 23.1 Å². The maximum Gasteiger partial charge on any atom is 2.00 e. The van der Waals surface area contributed by atoms with Crippen LogP contribution in [0.25, 0.3) is 0 Å². The van der Waals surface area contributed by atoms with Gasteiger partial charge in [0.05, 0.1) is 0 Å². The molecule has 0 aliphatic rings. The molecule has 0 nitrogen and oxygen atoms in total. The van der Waals surface area contributed by atoms with Crippen molar-refractivity contribution in [3.8, 4) is 0 Å². The Labute approximate surface area is 77.7 Å². The molecule has 0 fully saturated rings. The minimum absolute atomic E-state index is 0. The molecule has 0 aliphatic carbocycles. The van der Waals surface area contributed by atoms with Gasteiger partial charge in [-0.25, -0.2) is 0 Å². The van der Waals surface area contributed by atoms with Crippen molar-refractivity contribution in [1.29, 1.82) is 0 Å². The predicted octanol–water partition coefficient (Wildman–Crippen LogP) is -4.61. The van der Waals surface area contributed by atoms with E-state index in [1.54, 1.807) is 6.08 Å². The van der Waals surface area contributed by atoms with E-state index in [1.807, 2.05) is 6.92 Å². The molecule has 0 N–H and O–H groups in total. The van der Waals surface area contributed by atoms with E-state index in [0.717, 1.165) is 0 Å². The Morgan fingerprint density at radius 2 is 1.43 bits per heavy atom. The Morgan fingerprint density at radius 3 is 1.43 bits per heavy atom. The summed E-state index contributed by atoms with van der Waals surface area (Å²) in [4.78, 5) is 0. The molecule has 0 saturated carbocycles. The van der Waals surface area contributed by atoms with Gasteiger partial charge in [-0.1, -0.05) is 17.7 Å². The standard InChI is InChI=1S/C3H5Cl.2ClH.Mg/c1-2-3-4;;;/h2-3H,1H3;2*1H;/q;;;+2/p-2. The van der Waals surface area contributed by atoms with E-state index in [4.69, 9.17) is 11.6 Å². The SMILES string of the molecule is CC=CCl.[Cl-].[Cl-].[Mg+2]. The maximum absolute atomic E-state index is 5.01. The first kappa shape index (κ1) is 23.8. The molecule has 4 heteroatoms. The first-order chi connectivity index (χ1) is 1.91. The van der Waals surface area contributed by atoms with Crippen molar-refractivity contribution in [2.45, 2.75) is 6.92 Å². The number of allylic oxidation sites excluding steroid dienone is 1. The van der Waals surface area contributed by atoms with E-state index in [9.17, 15) is 0 Å². The van der Waals surface area contributed by atoms with Gasteiger partial charge in [-0.2, -0.15) is 0 Å². The van der Waals surface area contributed by atoms with Gasteiger partial charge in [0, 0.05) is 0 Å². The Bertz CT molecular complexity index is 25.4. The molecule has 0 aromatic heterocycles. The van der Waals surface area contributed by atoms with Crippen LogP contribution in [0, 0.1) is 0 Å². The van der Waals surface area contributed by atoms with Crippen molar-refractivity contribution in [1.82, 2.24) is 0 Å². The van der Waals surface area contributed by atoms with Gasteiger partial charge in [0.15, 0.2) is 0 Å². The van der Waals surface area contributed by atoms with E-state index < -0.39 is 0 Å². The second kappa shape index (κ2) is 26.3. The van der Waals surface area contributed by atoms with Gasteiger partial charge < -0.3 is 24.8 Å². The van der Waals surface area contributed by atoms with Crippen molar-refractivity contribution >= 4 is 34.7 Å². The largest absolute Gasteiger partial charge is 2.00 e. The fourth-order valence-corrected chi connectivity index (χ4v) is 0. The third-order valence-electron chi connectivity index (χ3n) is 0.126. The van der Waals surface area contributed by atoms with E-state index in [0.29, 0.717) is 0 Å². The van der Waals surface area contributed by atoms with Gasteiger partial charge in [0.2, 0.25) is 0 Å². The van der Waals surface area contributed by atoms with Gasteiger partial charge in [-0.15, -0.1) is 0 Å². The van der Waals surface area contributed by atoms with Crippen molar-refractivity contribution in [2.75, 3.05) is 0 Å². The van der Waals surface area contributed by atoms with Crippen LogP contribution in [0.4, 0.5) is 0 Å². The van der Waals surface area contributed by atoms with Gasteiger partial charge in [-0.3, -0.25) is 0 Å². The van der Waals surface area contributed by atoms with Crippen molar-refractivity contribution in [3.63, 3.8) is 0 Å². The molecule has 0 aliphatic heterocycles. The Kier molecular flexibility index (Phi) is 89.4. The molecule has 0 bridgehead atoms. The molecule has 40 valence electrons. The average molecular weight is 172 g/mol. The Balaban J connectivity index is -0.0000000150. The fourth-order valence-electron chi connectivity index (χ4n) is 0. The summed E-state index contributed by atoms with van der Waals surface area (Å²) >= 11 is 5.01. The fraction of sp³-hybridized carbons (Fsp3) is 0.333. The van der Waals surface area contributed by atoms with Crippen LogP contribution in [0.2, 0.25) is 0 Å². The second-order valence-corrected chi connectivity index (χ2v) is 0.711. The van der Waals surface area contributed by atoms with Crippen molar-refractivity contribution < 1.29 is 24.8 Å². The van der Waals surface area contributed by atoms with Crippen LogP contribution in [0.15, 0.2) is 11.6 Å². The third kappa shape index (κ3) is 37.8. The molecule has 0 unspecified atom stereocenters. The quantitative estimate of drug-likeness (QED) is 0.322. The molecular formula is C3H5Cl3Mg. The molecule has 0 saturated heterocycles. The first-order valence-electron chi connectivity index (χ1n) is 1.13. The van der Waals surface area contributed by atoms with Crippen LogP contribution >= 0.6 is 11.6 Å². The summed E-state index contributed by atoms with van der Waals surface area (Å²) in [5.41, 5.74) is 1.47. The average Bonchev–Trinajstić information content (AvgIpc) is 1.37. The molecule has 0 heterocycles. The maximum atomic E-state index is 5.01. The van der Waals surface area contributed by atoms with Gasteiger partial charge in [0.25, 0.3) is 0 Å². The molecule has 0 aromatic carbocycles. The number of hydrogen-bond acceptors (Lipinski definition) is 0. The van der Waals surface area contributed by atoms with Crippen molar-refractivity contribution in [3.05, 3.63) is 11.6 Å². The van der Waals surface area contributed by atoms with Crippen LogP contribution < -0.4 is 24.8 Å². The zero-order valence-corrected chi connectivity index (χ0v) is 7.68. The van der Waals surface area contributed by atoms with E-state index in [2.05, 4.69) is 0 Å². The van der Waals surface area contributed by atoms with Crippen LogP contribution in [-0.2, 0) is 0 Å². The van der Waals surface area contributed by atoms with Gasteiger partial charge in [-0.05, 0) is 12.5 Å². The molecule has 0 amide bonds. The smallest absolute Gasteiger partial charge is 1.00 e. The summed E-state index contributed by atoms with van der Waals surface area (Å²) < 4.78 is 0. The van der Waals surface area contributed by atoms with Gasteiger partial charge in [0.1, 0.15) is 0 Å².